The van der Waals surface area contributed by atoms with Gasteiger partial charge in [0.2, 0.25) is 23.6 Å². The fourth-order valence-corrected chi connectivity index (χ4v) is 5.05. The molecule has 1 N–H and O–H groups in total. The van der Waals surface area contributed by atoms with Gasteiger partial charge in [-0.05, 0) is 24.3 Å². The zero-order valence-electron chi connectivity index (χ0n) is 27.5. The van der Waals surface area contributed by atoms with Crippen LogP contribution in [-0.4, -0.2) is 78.2 Å². The second-order valence-electron chi connectivity index (χ2n) is 10.8. The summed E-state index contributed by atoms with van der Waals surface area (Å²) in [4.78, 5) is 86.1. The highest BCUT2D eigenvalue weighted by molar-refractivity contribution is 5.91. The van der Waals surface area contributed by atoms with Crippen molar-refractivity contribution in [1.29, 1.82) is 0 Å². The number of rotatable bonds is 10. The minimum Gasteiger partial charge on any atom is -0.456 e. The van der Waals surface area contributed by atoms with Gasteiger partial charge in [-0.1, -0.05) is 0 Å². The highest BCUT2D eigenvalue weighted by atomic mass is 16.7. The number of ether oxygens (including phenoxy) is 8. The molecule has 17 heteroatoms. The maximum Gasteiger partial charge on any atom is 0.308 e. The van der Waals surface area contributed by atoms with E-state index >= 15 is 0 Å². The second kappa shape index (κ2) is 15.6. The Kier molecular flexibility index (Phi) is 11.6. The van der Waals surface area contributed by atoms with E-state index in [2.05, 4.69) is 0 Å². The summed E-state index contributed by atoms with van der Waals surface area (Å²) in [5.74, 6) is -6.18. The molecule has 4 rings (SSSR count). The molecular weight excluding hydrogens is 668 g/mol. The quantitative estimate of drug-likeness (QED) is 0.181. The van der Waals surface area contributed by atoms with E-state index in [1.165, 1.54) is 37.3 Å². The Balaban J connectivity index is 1.99. The molecule has 0 spiro atoms. The van der Waals surface area contributed by atoms with Crippen molar-refractivity contribution in [3.05, 3.63) is 46.6 Å². The number of esters is 6. The van der Waals surface area contributed by atoms with E-state index in [9.17, 15) is 38.7 Å². The van der Waals surface area contributed by atoms with E-state index in [1.807, 2.05) is 0 Å². The molecule has 1 fully saturated rings. The van der Waals surface area contributed by atoms with Crippen molar-refractivity contribution in [2.75, 3.05) is 6.61 Å². The first kappa shape index (κ1) is 37.0. The maximum absolute atomic E-state index is 14.4. The van der Waals surface area contributed by atoms with Crippen molar-refractivity contribution in [3.8, 4) is 34.3 Å². The lowest BCUT2D eigenvalue weighted by Gasteiger charge is -2.43. The fraction of sp³-hybridized carbons (Fsp3) is 0.364. The lowest BCUT2D eigenvalue weighted by atomic mass is 9.98. The zero-order chi connectivity index (χ0) is 36.9. The van der Waals surface area contributed by atoms with Gasteiger partial charge in [0, 0.05) is 59.2 Å². The van der Waals surface area contributed by atoms with Gasteiger partial charge in [0.1, 0.15) is 34.3 Å². The van der Waals surface area contributed by atoms with Gasteiger partial charge in [-0.2, -0.15) is 0 Å². The van der Waals surface area contributed by atoms with Crippen molar-refractivity contribution in [1.82, 2.24) is 0 Å². The summed E-state index contributed by atoms with van der Waals surface area (Å²) >= 11 is 0. The average molecular weight is 701 g/mol. The fourth-order valence-electron chi connectivity index (χ4n) is 5.05. The van der Waals surface area contributed by atoms with Crippen molar-refractivity contribution in [2.24, 2.45) is 0 Å². The smallest absolute Gasteiger partial charge is 0.308 e. The number of aliphatic hydroxyl groups excluding tert-OH is 1. The minimum atomic E-state index is -1.84. The van der Waals surface area contributed by atoms with Crippen LogP contribution < -0.4 is 24.4 Å². The van der Waals surface area contributed by atoms with E-state index in [1.54, 1.807) is 0 Å². The predicted octanol–water partition coefficient (Wildman–Crippen LogP) is 2.13. The molecule has 4 unspecified atom stereocenters. The number of hydrogen-bond donors (Lipinski definition) is 1. The van der Waals surface area contributed by atoms with E-state index in [0.717, 1.165) is 40.7 Å². The monoisotopic (exact) mass is 700 g/mol. The third-order valence-electron chi connectivity index (χ3n) is 6.70. The number of benzene rings is 2. The van der Waals surface area contributed by atoms with Crippen LogP contribution in [0.1, 0.15) is 41.5 Å². The SMILES string of the molecule is CC(=O)Oc1ccc(-c2oc3cc(OC(C)=O)cc(OC(C)=O)c3c(=O)c2OC2OC(CO)C(OC(C)=O)C(OC(C)=O)[C@H]2OC(C)=O)cc1. The van der Waals surface area contributed by atoms with Crippen LogP contribution in [0, 0.1) is 0 Å². The van der Waals surface area contributed by atoms with Crippen molar-refractivity contribution in [3.63, 3.8) is 0 Å². The summed E-state index contributed by atoms with van der Waals surface area (Å²) in [6.45, 7) is 5.66. The lowest BCUT2D eigenvalue weighted by Crippen LogP contribution is -2.63. The average Bonchev–Trinajstić information content (AvgIpc) is 2.99. The van der Waals surface area contributed by atoms with Gasteiger partial charge in [-0.25, -0.2) is 0 Å². The first-order chi connectivity index (χ1) is 23.6. The molecule has 2 aromatic carbocycles. The Morgan fingerprint density at radius 1 is 0.680 bits per heavy atom. The predicted molar refractivity (Wildman–Crippen MR) is 165 cm³/mol. The van der Waals surface area contributed by atoms with Gasteiger partial charge >= 0.3 is 35.8 Å². The molecule has 1 aromatic heterocycles. The van der Waals surface area contributed by atoms with Crippen LogP contribution in [0.15, 0.2) is 45.6 Å². The van der Waals surface area contributed by atoms with Crippen LogP contribution in [0.4, 0.5) is 0 Å². The minimum absolute atomic E-state index is 0.137. The highest BCUT2D eigenvalue weighted by Crippen LogP contribution is 2.39. The highest BCUT2D eigenvalue weighted by Gasteiger charge is 2.53. The topological polar surface area (TPSA) is 227 Å². The molecule has 0 aliphatic carbocycles. The molecule has 1 saturated heterocycles. The molecule has 17 nitrogen and oxygen atoms in total. The molecule has 5 atom stereocenters. The summed E-state index contributed by atoms with van der Waals surface area (Å²) in [6.07, 6.45) is -8.11. The van der Waals surface area contributed by atoms with Crippen LogP contribution in [0.3, 0.4) is 0 Å². The Morgan fingerprint density at radius 2 is 1.22 bits per heavy atom. The molecule has 1 aliphatic rings. The van der Waals surface area contributed by atoms with Crippen molar-refractivity contribution in [2.45, 2.75) is 72.2 Å². The van der Waals surface area contributed by atoms with E-state index in [0.29, 0.717) is 0 Å². The van der Waals surface area contributed by atoms with Crippen LogP contribution in [-0.2, 0) is 47.7 Å². The molecule has 0 radical (unpaired) electrons. The Labute approximate surface area is 282 Å². The Hall–Kier alpha value is -5.81. The van der Waals surface area contributed by atoms with Crippen molar-refractivity contribution < 1.29 is 76.2 Å². The normalized spacial score (nSPS) is 19.9. The standard InChI is InChI=1S/C33H32O17/c1-14(35)42-21-9-7-20(8-10-21)28-30(27(41)26-23(44-16(3)37)11-22(43-15(2)36)12-24(26)48-28)50-33-32(47-19(6)40)31(46-18(5)39)29(45-17(4)38)25(13-34)49-33/h7-12,25,29,31-34H,13H2,1-6H3/t25?,29?,31?,32-,33?/m1/s1. The van der Waals surface area contributed by atoms with Gasteiger partial charge in [-0.15, -0.1) is 0 Å². The largest absolute Gasteiger partial charge is 0.456 e. The molecular formula is C33H32O17. The van der Waals surface area contributed by atoms with E-state index in [4.69, 9.17) is 42.3 Å². The zero-order valence-corrected chi connectivity index (χ0v) is 27.5. The molecule has 0 amide bonds. The maximum atomic E-state index is 14.4. The number of fused-ring (bicyclic) bond motifs is 1. The van der Waals surface area contributed by atoms with Gasteiger partial charge < -0.3 is 47.4 Å². The molecule has 1 aliphatic heterocycles. The summed E-state index contributed by atoms with van der Waals surface area (Å²) in [6, 6.07) is 7.85. The van der Waals surface area contributed by atoms with Gasteiger partial charge in [0.05, 0.1) is 6.61 Å². The lowest BCUT2D eigenvalue weighted by molar-refractivity contribution is -0.288. The number of carbonyl (C=O) groups is 6. The van der Waals surface area contributed by atoms with Crippen LogP contribution in [0.25, 0.3) is 22.3 Å². The van der Waals surface area contributed by atoms with Crippen LogP contribution in [0.5, 0.6) is 23.0 Å². The number of carbonyl (C=O) groups excluding carboxylic acids is 6. The van der Waals surface area contributed by atoms with Crippen LogP contribution in [0.2, 0.25) is 0 Å². The van der Waals surface area contributed by atoms with Gasteiger partial charge in [-0.3, -0.25) is 33.6 Å². The molecule has 0 bridgehead atoms. The van der Waals surface area contributed by atoms with Crippen LogP contribution >= 0.6 is 0 Å². The van der Waals surface area contributed by atoms with Gasteiger partial charge in [0.15, 0.2) is 18.0 Å². The summed E-state index contributed by atoms with van der Waals surface area (Å²) < 4.78 is 49.6. The molecule has 266 valence electrons. The first-order valence-corrected chi connectivity index (χ1v) is 14.8. The summed E-state index contributed by atoms with van der Waals surface area (Å²) in [7, 11) is 0. The number of hydrogen-bond acceptors (Lipinski definition) is 17. The second-order valence-corrected chi connectivity index (χ2v) is 10.8. The molecule has 50 heavy (non-hydrogen) atoms. The molecule has 2 heterocycles. The third-order valence-corrected chi connectivity index (χ3v) is 6.70. The summed E-state index contributed by atoms with van der Waals surface area (Å²) in [5.41, 5.74) is -1.07. The van der Waals surface area contributed by atoms with E-state index in [-0.39, 0.29) is 39.5 Å². The number of aliphatic hydroxyl groups is 1. The Morgan fingerprint density at radius 3 is 1.76 bits per heavy atom. The van der Waals surface area contributed by atoms with Crippen molar-refractivity contribution >= 4 is 46.8 Å². The molecule has 0 saturated carbocycles. The van der Waals surface area contributed by atoms with E-state index < -0.39 is 84.3 Å². The molecule has 3 aromatic rings. The third kappa shape index (κ3) is 8.80. The Bertz CT molecular complexity index is 1880. The summed E-state index contributed by atoms with van der Waals surface area (Å²) in [5, 5.41) is 9.82. The van der Waals surface area contributed by atoms with Gasteiger partial charge in [0.25, 0.3) is 0 Å². The first-order valence-electron chi connectivity index (χ1n) is 14.8.